The fourth-order valence-corrected chi connectivity index (χ4v) is 2.32. The Morgan fingerprint density at radius 3 is 2.54 bits per heavy atom. The lowest BCUT2D eigenvalue weighted by molar-refractivity contribution is -0.142. The molecule has 2 aromatic rings. The molecule has 1 amide bonds. The van der Waals surface area contributed by atoms with Crippen molar-refractivity contribution < 1.29 is 23.5 Å². The van der Waals surface area contributed by atoms with Crippen LogP contribution in [0.4, 0.5) is 10.5 Å². The Morgan fingerprint density at radius 2 is 1.88 bits per heavy atom. The van der Waals surface area contributed by atoms with Crippen LogP contribution in [0.1, 0.15) is 25.0 Å². The highest BCUT2D eigenvalue weighted by Gasteiger charge is 2.16. The molecule has 0 saturated carbocycles. The van der Waals surface area contributed by atoms with E-state index in [0.29, 0.717) is 22.2 Å². The first-order chi connectivity index (χ1) is 11.5. The molecule has 0 aliphatic rings. The molecule has 0 aliphatic carbocycles. The molecule has 2 rings (SSSR count). The number of carbonyl (C=O) groups is 2. The number of benzene rings is 1. The number of fused-ring (bicyclic) bond motifs is 1. The van der Waals surface area contributed by atoms with Crippen LogP contribution in [0.15, 0.2) is 27.4 Å². The highest BCUT2D eigenvalue weighted by Crippen LogP contribution is 2.23. The van der Waals surface area contributed by atoms with Gasteiger partial charge in [-0.2, -0.15) is 0 Å². The number of aryl methyl sites for hydroxylation is 1. The molecule has 0 radical (unpaired) electrons. The van der Waals surface area contributed by atoms with Crippen LogP contribution >= 0.6 is 0 Å². The molecule has 0 spiro atoms. The van der Waals surface area contributed by atoms with E-state index in [0.717, 1.165) is 0 Å². The second-order valence-corrected chi connectivity index (χ2v) is 5.03. The van der Waals surface area contributed by atoms with Crippen molar-refractivity contribution in [2.24, 2.45) is 0 Å². The quantitative estimate of drug-likeness (QED) is 0.668. The zero-order chi connectivity index (χ0) is 17.7. The minimum atomic E-state index is -0.596. The van der Waals surface area contributed by atoms with E-state index in [1.54, 1.807) is 32.9 Å². The number of rotatable bonds is 5. The Bertz CT molecular complexity index is 824. The first-order valence-corrected chi connectivity index (χ1v) is 7.62. The summed E-state index contributed by atoms with van der Waals surface area (Å²) in [6.45, 7) is 5.65. The first-order valence-electron chi connectivity index (χ1n) is 7.62. The summed E-state index contributed by atoms with van der Waals surface area (Å²) in [6, 6.07) is 4.92. The zero-order valence-electron chi connectivity index (χ0n) is 13.8. The van der Waals surface area contributed by atoms with E-state index in [1.807, 2.05) is 0 Å². The molecular weight excluding hydrogens is 314 g/mol. The van der Waals surface area contributed by atoms with Gasteiger partial charge in [-0.1, -0.05) is 0 Å². The summed E-state index contributed by atoms with van der Waals surface area (Å²) in [7, 11) is 0. The van der Waals surface area contributed by atoms with Gasteiger partial charge in [0.05, 0.1) is 25.2 Å². The van der Waals surface area contributed by atoms with E-state index >= 15 is 0 Å². The van der Waals surface area contributed by atoms with E-state index in [4.69, 9.17) is 13.9 Å². The molecule has 7 nitrogen and oxygen atoms in total. The van der Waals surface area contributed by atoms with Gasteiger partial charge in [0.15, 0.2) is 0 Å². The molecule has 1 aromatic carbocycles. The second-order valence-electron chi connectivity index (χ2n) is 5.03. The molecule has 0 unspecified atom stereocenters. The maximum Gasteiger partial charge on any atom is 0.411 e. The standard InChI is InChI=1S/C17H19NO6/c1-4-22-15(19)9-13-10(3)12-7-6-11(18-17(21)23-5-2)8-14(12)24-16(13)20/h6-8H,4-5,9H2,1-3H3,(H,18,21). The number of anilines is 1. The summed E-state index contributed by atoms with van der Waals surface area (Å²) in [5, 5.41) is 3.22. The highest BCUT2D eigenvalue weighted by atomic mass is 16.5. The van der Waals surface area contributed by atoms with Crippen molar-refractivity contribution in [2.45, 2.75) is 27.2 Å². The van der Waals surface area contributed by atoms with Crippen molar-refractivity contribution in [2.75, 3.05) is 18.5 Å². The van der Waals surface area contributed by atoms with Gasteiger partial charge in [0.1, 0.15) is 5.58 Å². The first kappa shape index (κ1) is 17.5. The minimum Gasteiger partial charge on any atom is -0.466 e. The number of esters is 1. The molecule has 128 valence electrons. The largest absolute Gasteiger partial charge is 0.466 e. The van der Waals surface area contributed by atoms with Crippen LogP contribution < -0.4 is 10.9 Å². The molecule has 0 bridgehead atoms. The van der Waals surface area contributed by atoms with E-state index < -0.39 is 17.7 Å². The molecule has 0 atom stereocenters. The SMILES string of the molecule is CCOC(=O)Cc1c(C)c2ccc(NC(=O)OCC)cc2oc1=O. The summed E-state index contributed by atoms with van der Waals surface area (Å²) in [5.74, 6) is -0.479. The summed E-state index contributed by atoms with van der Waals surface area (Å²) in [6.07, 6.45) is -0.726. The second kappa shape index (κ2) is 7.63. The van der Waals surface area contributed by atoms with Crippen LogP contribution in [-0.4, -0.2) is 25.3 Å². The predicted octanol–water partition coefficient (Wildman–Crippen LogP) is 2.78. The fraction of sp³-hybridized carbons (Fsp3) is 0.353. The van der Waals surface area contributed by atoms with Crippen molar-refractivity contribution in [1.29, 1.82) is 0 Å². The van der Waals surface area contributed by atoms with E-state index in [1.165, 1.54) is 6.07 Å². The average molecular weight is 333 g/mol. The number of nitrogens with one attached hydrogen (secondary N) is 1. The Labute approximate surface area is 138 Å². The summed E-state index contributed by atoms with van der Waals surface area (Å²) in [4.78, 5) is 35.2. The van der Waals surface area contributed by atoms with Crippen LogP contribution in [0.3, 0.4) is 0 Å². The molecule has 0 aliphatic heterocycles. The van der Waals surface area contributed by atoms with Crippen molar-refractivity contribution in [3.05, 3.63) is 39.7 Å². The zero-order valence-corrected chi connectivity index (χ0v) is 13.8. The normalized spacial score (nSPS) is 10.5. The number of hydrogen-bond donors (Lipinski definition) is 1. The molecule has 1 aromatic heterocycles. The number of hydrogen-bond acceptors (Lipinski definition) is 6. The van der Waals surface area contributed by atoms with Gasteiger partial charge in [0.25, 0.3) is 0 Å². The Kier molecular flexibility index (Phi) is 5.57. The molecular formula is C17H19NO6. The van der Waals surface area contributed by atoms with E-state index in [-0.39, 0.29) is 25.2 Å². The Balaban J connectivity index is 2.37. The maximum absolute atomic E-state index is 12.1. The van der Waals surface area contributed by atoms with Crippen molar-refractivity contribution in [3.8, 4) is 0 Å². The van der Waals surface area contributed by atoms with Crippen LogP contribution in [0.25, 0.3) is 11.0 Å². The van der Waals surface area contributed by atoms with Gasteiger partial charge in [-0.3, -0.25) is 10.1 Å². The third kappa shape index (κ3) is 3.92. The fourth-order valence-electron chi connectivity index (χ4n) is 2.32. The van der Waals surface area contributed by atoms with Crippen LogP contribution in [0.2, 0.25) is 0 Å². The van der Waals surface area contributed by atoms with Crippen LogP contribution in [0.5, 0.6) is 0 Å². The van der Waals surface area contributed by atoms with Gasteiger partial charge < -0.3 is 13.9 Å². The van der Waals surface area contributed by atoms with Gasteiger partial charge in [-0.05, 0) is 38.5 Å². The number of amides is 1. The maximum atomic E-state index is 12.1. The van der Waals surface area contributed by atoms with E-state index in [9.17, 15) is 14.4 Å². The van der Waals surface area contributed by atoms with Gasteiger partial charge in [-0.25, -0.2) is 9.59 Å². The van der Waals surface area contributed by atoms with Gasteiger partial charge in [-0.15, -0.1) is 0 Å². The van der Waals surface area contributed by atoms with Crippen molar-refractivity contribution in [1.82, 2.24) is 0 Å². The predicted molar refractivity (Wildman–Crippen MR) is 88.2 cm³/mol. The summed E-state index contributed by atoms with van der Waals surface area (Å²) in [5.41, 5.74) is 1.09. The molecule has 1 N–H and O–H groups in total. The van der Waals surface area contributed by atoms with E-state index in [2.05, 4.69) is 5.32 Å². The lowest BCUT2D eigenvalue weighted by Gasteiger charge is -2.09. The van der Waals surface area contributed by atoms with Gasteiger partial charge in [0, 0.05) is 17.1 Å². The van der Waals surface area contributed by atoms with Crippen molar-refractivity contribution in [3.63, 3.8) is 0 Å². The third-order valence-corrected chi connectivity index (χ3v) is 3.44. The van der Waals surface area contributed by atoms with Crippen LogP contribution in [0, 0.1) is 6.92 Å². The minimum absolute atomic E-state index is 0.138. The Morgan fingerprint density at radius 1 is 1.17 bits per heavy atom. The summed E-state index contributed by atoms with van der Waals surface area (Å²) >= 11 is 0. The number of ether oxygens (including phenoxy) is 2. The highest BCUT2D eigenvalue weighted by molar-refractivity contribution is 5.90. The molecule has 1 heterocycles. The van der Waals surface area contributed by atoms with Gasteiger partial charge >= 0.3 is 17.7 Å². The molecule has 0 fully saturated rings. The van der Waals surface area contributed by atoms with Gasteiger partial charge in [0.2, 0.25) is 0 Å². The third-order valence-electron chi connectivity index (χ3n) is 3.44. The average Bonchev–Trinajstić information content (AvgIpc) is 2.51. The lowest BCUT2D eigenvalue weighted by Crippen LogP contribution is -2.17. The van der Waals surface area contributed by atoms with Crippen LogP contribution in [-0.2, 0) is 20.7 Å². The Hall–Kier alpha value is -2.83. The topological polar surface area (TPSA) is 94.8 Å². The molecule has 0 saturated heterocycles. The summed E-state index contributed by atoms with van der Waals surface area (Å²) < 4.78 is 14.9. The smallest absolute Gasteiger partial charge is 0.411 e. The molecule has 24 heavy (non-hydrogen) atoms. The van der Waals surface area contributed by atoms with Crippen molar-refractivity contribution >= 4 is 28.7 Å². The molecule has 7 heteroatoms. The lowest BCUT2D eigenvalue weighted by atomic mass is 10.0. The number of carbonyl (C=O) groups excluding carboxylic acids is 2. The monoisotopic (exact) mass is 333 g/mol.